The molecule has 0 heterocycles. The first-order chi connectivity index (χ1) is 20.5. The molecule has 0 aliphatic rings. The summed E-state index contributed by atoms with van der Waals surface area (Å²) in [5, 5.41) is 13.3. The third-order valence-electron chi connectivity index (χ3n) is 5.92. The molecule has 0 aliphatic heterocycles. The fraction of sp³-hybridized carbons (Fsp3) is 0.385. The van der Waals surface area contributed by atoms with Crippen LogP contribution in [0.5, 0.6) is 11.5 Å². The quantitative estimate of drug-likeness (QED) is 0.147. The first-order valence-electron chi connectivity index (χ1n) is 15.5. The molecule has 4 aromatic carbocycles. The molecule has 0 unspecified atom stereocenters. The van der Waals surface area contributed by atoms with E-state index in [0.717, 1.165) is 25.2 Å². The predicted molar refractivity (Wildman–Crippen MR) is 180 cm³/mol. The Morgan fingerprint density at radius 1 is 0.523 bits per heavy atom. The summed E-state index contributed by atoms with van der Waals surface area (Å²) in [6, 6.07) is 37.4. The normalized spacial score (nSPS) is 10.8. The zero-order chi connectivity index (χ0) is 32.0. The Hall–Kier alpha value is -1.46. The van der Waals surface area contributed by atoms with Gasteiger partial charge in [0.15, 0.2) is 0 Å². The zero-order valence-electron chi connectivity index (χ0n) is 28.8. The Labute approximate surface area is 317 Å². The number of phenolic OH excluding ortho intramolecular Hbond substituents is 2. The van der Waals surface area contributed by atoms with Gasteiger partial charge in [-0.25, -0.2) is 0 Å². The summed E-state index contributed by atoms with van der Waals surface area (Å²) in [5.74, 6) is 3.05. The molecule has 0 radical (unpaired) electrons. The molecule has 5 heteroatoms. The average molecular weight is 1050 g/mol. The van der Waals surface area contributed by atoms with Gasteiger partial charge in [0, 0.05) is 68.3 Å². The van der Waals surface area contributed by atoms with Crippen molar-refractivity contribution in [2.75, 3.05) is 0 Å². The van der Waals surface area contributed by atoms with Crippen LogP contribution in [0.15, 0.2) is 97.1 Å². The summed E-state index contributed by atoms with van der Waals surface area (Å²) >= 11 is 0. The maximum absolute atomic E-state index is 8.99. The molecular formula is C39H53NO2U2-2. The van der Waals surface area contributed by atoms with Gasteiger partial charge in [0.2, 0.25) is 0 Å². The fourth-order valence-electron chi connectivity index (χ4n) is 4.16. The minimum Gasteiger partial charge on any atom is -0.508 e. The Balaban J connectivity index is 0. The Morgan fingerprint density at radius 2 is 0.818 bits per heavy atom. The van der Waals surface area contributed by atoms with Gasteiger partial charge in [-0.2, -0.15) is 71.8 Å². The summed E-state index contributed by atoms with van der Waals surface area (Å²) < 4.78 is 6.66. The van der Waals surface area contributed by atoms with Gasteiger partial charge in [0.1, 0.15) is 11.5 Å². The van der Waals surface area contributed by atoms with Gasteiger partial charge in [-0.3, -0.25) is 0 Å². The van der Waals surface area contributed by atoms with Crippen LogP contribution in [0.25, 0.3) is 0 Å². The van der Waals surface area contributed by atoms with Crippen molar-refractivity contribution in [2.45, 2.75) is 80.2 Å². The molecule has 3 nitrogen and oxygen atoms in total. The van der Waals surface area contributed by atoms with E-state index < -0.39 is 0 Å². The maximum Gasteiger partial charge on any atom is 0.293 e. The molecule has 0 saturated heterocycles. The van der Waals surface area contributed by atoms with E-state index in [2.05, 4.69) is 70.9 Å². The second-order valence-corrected chi connectivity index (χ2v) is 12.1. The van der Waals surface area contributed by atoms with Gasteiger partial charge < -0.3 is 15.9 Å². The van der Waals surface area contributed by atoms with Gasteiger partial charge in [-0.05, 0) is 85.8 Å². The first kappa shape index (κ1) is 42.5. The van der Waals surface area contributed by atoms with Crippen LogP contribution < -0.4 is 5.73 Å². The van der Waals surface area contributed by atoms with Crippen LogP contribution in [-0.2, 0) is 25.7 Å². The third-order valence-corrected chi connectivity index (χ3v) is 5.92. The van der Waals surface area contributed by atoms with Crippen LogP contribution in [0.2, 0.25) is 0 Å². The molecular weight excluding hydrogens is 990 g/mol. The van der Waals surface area contributed by atoms with Crippen molar-refractivity contribution < 1.29 is 72.4 Å². The summed E-state index contributed by atoms with van der Waals surface area (Å²) in [7, 11) is 0. The fourth-order valence-corrected chi connectivity index (χ4v) is 4.16. The van der Waals surface area contributed by atoms with Crippen molar-refractivity contribution in [3.63, 3.8) is 0 Å². The molecule has 4 rings (SSSR count). The summed E-state index contributed by atoms with van der Waals surface area (Å²) in [4.78, 5) is 0. The van der Waals surface area contributed by atoms with Gasteiger partial charge in [0.05, 0.1) is 0 Å². The number of hydrogen-bond acceptors (Lipinski definition) is 3. The van der Waals surface area contributed by atoms with Crippen molar-refractivity contribution in [3.8, 4) is 11.5 Å². The van der Waals surface area contributed by atoms with Gasteiger partial charge in [-0.1, -0.05) is 65.8 Å². The summed E-state index contributed by atoms with van der Waals surface area (Å²) in [6.07, 6.45) is 4.29. The van der Waals surface area contributed by atoms with E-state index in [0.29, 0.717) is 23.3 Å². The van der Waals surface area contributed by atoms with Gasteiger partial charge in [0.25, 0.3) is 1.43 Å². The predicted octanol–water partition coefficient (Wildman–Crippen LogP) is 9.24. The topological polar surface area (TPSA) is 66.5 Å². The third kappa shape index (κ3) is 24.8. The van der Waals surface area contributed by atoms with Crippen molar-refractivity contribution in [2.24, 2.45) is 23.5 Å². The van der Waals surface area contributed by atoms with Crippen LogP contribution >= 0.6 is 0 Å². The second-order valence-electron chi connectivity index (χ2n) is 12.1. The van der Waals surface area contributed by atoms with E-state index in [1.54, 1.807) is 12.1 Å². The molecule has 4 aromatic rings. The minimum absolute atomic E-state index is 0. The first-order valence-corrected chi connectivity index (χ1v) is 15.1. The van der Waals surface area contributed by atoms with Crippen LogP contribution in [0.1, 0.15) is 70.7 Å². The number of rotatable bonds is 9. The summed E-state index contributed by atoms with van der Waals surface area (Å²) in [6.45, 7) is 15.2. The Kier molecular flexibility index (Phi) is 25.8. The van der Waals surface area contributed by atoms with E-state index >= 15 is 0 Å². The molecule has 0 aromatic heterocycles. The van der Waals surface area contributed by atoms with E-state index in [4.69, 9.17) is 12.3 Å². The summed E-state index contributed by atoms with van der Waals surface area (Å²) in [5.41, 5.74) is 10.9. The molecule has 0 amide bonds. The molecule has 0 spiro atoms. The number of phenols is 2. The number of benzene rings is 4. The van der Waals surface area contributed by atoms with Crippen molar-refractivity contribution >= 4 is 0 Å². The van der Waals surface area contributed by atoms with Crippen LogP contribution in [0, 0.1) is 92.1 Å². The molecule has 44 heavy (non-hydrogen) atoms. The number of nitrogens with two attached hydrogens (primary N) is 1. The standard InChI is InChI=1S/2C10H14O.C10H13.C9H12N.2U/c2*1-8(2)7-9-3-5-10(11)6-4-9;1-9(2)8-10-6-4-3-5-7-10;1-8(10)7-9-5-3-2-4-6-9;;/h2*3-6,8,11H,7H2,1-2H3;4-7,9H,8H2,1-2H3;3-6,8H,7,10H2,1H3;;/q;;2*-1;;/t;;;8-;;/m...1../s1/i/hT. The molecule has 0 bridgehead atoms. The van der Waals surface area contributed by atoms with Crippen LogP contribution in [0.3, 0.4) is 0 Å². The van der Waals surface area contributed by atoms with Crippen molar-refractivity contribution in [1.82, 2.24) is 0 Å². The monoisotopic (exact) mass is 1050 g/mol. The SMILES string of the molecule is CC(C)Cc1cc[c-]cc1.CC(C)Cc1ccc(O)cc1.C[C@@H](N)Cc1cc[c-]cc1.[3H]Oc1ccc(CC(C)C)cc1.[U].[U]. The Bertz CT molecular complexity index is 1160. The van der Waals surface area contributed by atoms with E-state index in [9.17, 15) is 0 Å². The van der Waals surface area contributed by atoms with Crippen molar-refractivity contribution in [1.29, 1.82) is 1.43 Å². The number of aromatic hydroxyl groups is 2. The number of hydrogen-bond donors (Lipinski definition) is 3. The van der Waals surface area contributed by atoms with E-state index in [1.807, 2.05) is 79.7 Å². The van der Waals surface area contributed by atoms with Crippen LogP contribution in [0.4, 0.5) is 0 Å². The largest absolute Gasteiger partial charge is 0.508 e. The van der Waals surface area contributed by atoms with Gasteiger partial charge in [-0.15, -0.1) is 0 Å². The molecule has 0 aliphatic carbocycles. The Morgan fingerprint density at radius 3 is 1.11 bits per heavy atom. The molecule has 236 valence electrons. The minimum atomic E-state index is 0. The molecule has 0 fully saturated rings. The van der Waals surface area contributed by atoms with E-state index in [1.165, 1.54) is 28.7 Å². The maximum atomic E-state index is 8.99. The van der Waals surface area contributed by atoms with Crippen LogP contribution in [-0.4, -0.2) is 17.7 Å². The average Bonchev–Trinajstić information content (AvgIpc) is 2.96. The second kappa shape index (κ2) is 26.7. The van der Waals surface area contributed by atoms with Gasteiger partial charge >= 0.3 is 0 Å². The molecule has 1 atom stereocenters. The zero-order valence-corrected chi connectivity index (χ0v) is 36.1. The van der Waals surface area contributed by atoms with Crippen molar-refractivity contribution in [3.05, 3.63) is 131 Å². The smallest absolute Gasteiger partial charge is 0.293 e. The molecule has 4 N–H and O–H groups in total. The molecule has 0 saturated carbocycles. The van der Waals surface area contributed by atoms with E-state index in [-0.39, 0.29) is 68.3 Å².